The Labute approximate surface area is 101 Å². The molecule has 0 aromatic carbocycles. The molecule has 5 heteroatoms. The van der Waals surface area contributed by atoms with Crippen molar-refractivity contribution in [2.45, 2.75) is 38.8 Å². The van der Waals surface area contributed by atoms with Crippen LogP contribution in [0.3, 0.4) is 0 Å². The first-order valence-electron chi connectivity index (χ1n) is 5.65. The third-order valence-electron chi connectivity index (χ3n) is 2.88. The Kier molecular flexibility index (Phi) is 5.12. The van der Waals surface area contributed by atoms with Crippen LogP contribution in [-0.4, -0.2) is 47.4 Å². The summed E-state index contributed by atoms with van der Waals surface area (Å²) in [5.41, 5.74) is 0. The lowest BCUT2D eigenvalue weighted by Gasteiger charge is -2.28. The average molecular weight is 244 g/mol. The molecule has 0 bridgehead atoms. The molecule has 1 heterocycles. The zero-order chi connectivity index (χ0) is 12.1. The van der Waals surface area contributed by atoms with Gasteiger partial charge in [0.05, 0.1) is 0 Å². The summed E-state index contributed by atoms with van der Waals surface area (Å²) >= 11 is 1.78. The lowest BCUT2D eigenvalue weighted by atomic mass is 10.2. The fourth-order valence-electron chi connectivity index (χ4n) is 1.84. The smallest absolute Gasteiger partial charge is 0.245 e. The SMILES string of the molecule is CSCCC(C)N1CCC(=O)NC(C)C1=O. The molecule has 1 saturated heterocycles. The standard InChI is InChI=1S/C11H20N2O2S/c1-8(5-7-16-3)13-6-4-10(14)12-9(2)11(13)15/h8-9H,4-7H2,1-3H3,(H,12,14). The van der Waals surface area contributed by atoms with Crippen molar-refractivity contribution >= 4 is 23.6 Å². The number of carbonyl (C=O) groups excluding carboxylic acids is 2. The molecule has 2 atom stereocenters. The van der Waals surface area contributed by atoms with E-state index in [1.54, 1.807) is 18.7 Å². The fourth-order valence-corrected chi connectivity index (χ4v) is 2.41. The van der Waals surface area contributed by atoms with Crippen molar-refractivity contribution < 1.29 is 9.59 Å². The van der Waals surface area contributed by atoms with Gasteiger partial charge in [0.2, 0.25) is 11.8 Å². The van der Waals surface area contributed by atoms with Gasteiger partial charge in [-0.2, -0.15) is 11.8 Å². The first-order chi connectivity index (χ1) is 7.56. The molecule has 4 nitrogen and oxygen atoms in total. The molecule has 0 aromatic heterocycles. The largest absolute Gasteiger partial charge is 0.345 e. The maximum absolute atomic E-state index is 12.0. The van der Waals surface area contributed by atoms with E-state index in [1.807, 2.05) is 4.90 Å². The molecule has 16 heavy (non-hydrogen) atoms. The van der Waals surface area contributed by atoms with E-state index in [-0.39, 0.29) is 23.9 Å². The number of thioether (sulfide) groups is 1. The van der Waals surface area contributed by atoms with Crippen LogP contribution >= 0.6 is 11.8 Å². The molecule has 1 fully saturated rings. The number of nitrogens with zero attached hydrogens (tertiary/aromatic N) is 1. The van der Waals surface area contributed by atoms with Crippen LogP contribution in [0.5, 0.6) is 0 Å². The maximum Gasteiger partial charge on any atom is 0.245 e. The number of rotatable bonds is 4. The Hall–Kier alpha value is -0.710. The molecule has 1 aliphatic rings. The van der Waals surface area contributed by atoms with Gasteiger partial charge in [-0.1, -0.05) is 0 Å². The topological polar surface area (TPSA) is 49.4 Å². The molecular weight excluding hydrogens is 224 g/mol. The summed E-state index contributed by atoms with van der Waals surface area (Å²) in [5, 5.41) is 2.70. The number of nitrogens with one attached hydrogen (secondary N) is 1. The lowest BCUT2D eigenvalue weighted by molar-refractivity contribution is -0.134. The molecule has 1 aliphatic heterocycles. The predicted molar refractivity (Wildman–Crippen MR) is 66.4 cm³/mol. The molecule has 0 saturated carbocycles. The molecule has 2 unspecified atom stereocenters. The number of hydrogen-bond acceptors (Lipinski definition) is 3. The molecule has 0 radical (unpaired) electrons. The van der Waals surface area contributed by atoms with Gasteiger partial charge in [0, 0.05) is 19.0 Å². The van der Waals surface area contributed by atoms with E-state index < -0.39 is 0 Å². The summed E-state index contributed by atoms with van der Waals surface area (Å²) in [7, 11) is 0. The van der Waals surface area contributed by atoms with E-state index in [9.17, 15) is 9.59 Å². The zero-order valence-electron chi connectivity index (χ0n) is 10.2. The van der Waals surface area contributed by atoms with Crippen LogP contribution in [0.1, 0.15) is 26.7 Å². The highest BCUT2D eigenvalue weighted by Crippen LogP contribution is 2.12. The molecule has 0 aromatic rings. The predicted octanol–water partition coefficient (Wildman–Crippen LogP) is 0.865. The van der Waals surface area contributed by atoms with Crippen molar-refractivity contribution in [3.63, 3.8) is 0 Å². The molecule has 2 amide bonds. The van der Waals surface area contributed by atoms with Crippen LogP contribution in [0.25, 0.3) is 0 Å². The van der Waals surface area contributed by atoms with Crippen molar-refractivity contribution in [2.75, 3.05) is 18.6 Å². The molecular formula is C11H20N2O2S. The second-order valence-electron chi connectivity index (χ2n) is 4.20. The van der Waals surface area contributed by atoms with Crippen LogP contribution in [-0.2, 0) is 9.59 Å². The van der Waals surface area contributed by atoms with Crippen LogP contribution in [0, 0.1) is 0 Å². The third-order valence-corrected chi connectivity index (χ3v) is 3.53. The van der Waals surface area contributed by atoms with Gasteiger partial charge >= 0.3 is 0 Å². The molecule has 92 valence electrons. The normalized spacial score (nSPS) is 23.9. The summed E-state index contributed by atoms with van der Waals surface area (Å²) in [6.45, 7) is 4.35. The van der Waals surface area contributed by atoms with E-state index in [0.717, 1.165) is 12.2 Å². The average Bonchev–Trinajstić information content (AvgIpc) is 2.36. The number of amides is 2. The van der Waals surface area contributed by atoms with Gasteiger partial charge in [0.15, 0.2) is 0 Å². The monoisotopic (exact) mass is 244 g/mol. The fraction of sp³-hybridized carbons (Fsp3) is 0.818. The summed E-state index contributed by atoms with van der Waals surface area (Å²) in [4.78, 5) is 25.2. The van der Waals surface area contributed by atoms with E-state index in [2.05, 4.69) is 18.5 Å². The van der Waals surface area contributed by atoms with Crippen molar-refractivity contribution in [3.8, 4) is 0 Å². The van der Waals surface area contributed by atoms with Gasteiger partial charge in [-0.25, -0.2) is 0 Å². The Balaban J connectivity index is 2.62. The van der Waals surface area contributed by atoms with E-state index in [4.69, 9.17) is 0 Å². The van der Waals surface area contributed by atoms with Gasteiger partial charge < -0.3 is 10.2 Å². The summed E-state index contributed by atoms with van der Waals surface area (Å²) in [6, 6.07) is -0.165. The van der Waals surface area contributed by atoms with Crippen molar-refractivity contribution in [3.05, 3.63) is 0 Å². The van der Waals surface area contributed by atoms with Crippen molar-refractivity contribution in [1.82, 2.24) is 10.2 Å². The summed E-state index contributed by atoms with van der Waals surface area (Å²) in [5.74, 6) is 1.06. The van der Waals surface area contributed by atoms with Crippen LogP contribution in [0.4, 0.5) is 0 Å². The van der Waals surface area contributed by atoms with Gasteiger partial charge in [-0.05, 0) is 32.3 Å². The van der Waals surface area contributed by atoms with Crippen LogP contribution in [0.2, 0.25) is 0 Å². The maximum atomic E-state index is 12.0. The minimum Gasteiger partial charge on any atom is -0.345 e. The highest BCUT2D eigenvalue weighted by Gasteiger charge is 2.29. The van der Waals surface area contributed by atoms with E-state index in [0.29, 0.717) is 13.0 Å². The molecule has 0 spiro atoms. The second-order valence-corrected chi connectivity index (χ2v) is 5.19. The van der Waals surface area contributed by atoms with Gasteiger partial charge in [0.1, 0.15) is 6.04 Å². The minimum atomic E-state index is -0.383. The first kappa shape index (κ1) is 13.4. The Morgan fingerprint density at radius 1 is 1.56 bits per heavy atom. The van der Waals surface area contributed by atoms with E-state index in [1.165, 1.54) is 0 Å². The van der Waals surface area contributed by atoms with Gasteiger partial charge in [0.25, 0.3) is 0 Å². The molecule has 1 N–H and O–H groups in total. The Morgan fingerprint density at radius 3 is 2.88 bits per heavy atom. The molecule has 0 aliphatic carbocycles. The third kappa shape index (κ3) is 3.40. The highest BCUT2D eigenvalue weighted by molar-refractivity contribution is 7.98. The quantitative estimate of drug-likeness (QED) is 0.798. The molecule has 1 rings (SSSR count). The second kappa shape index (κ2) is 6.13. The zero-order valence-corrected chi connectivity index (χ0v) is 11.0. The van der Waals surface area contributed by atoms with Crippen molar-refractivity contribution in [2.24, 2.45) is 0 Å². The van der Waals surface area contributed by atoms with Crippen molar-refractivity contribution in [1.29, 1.82) is 0 Å². The Morgan fingerprint density at radius 2 is 2.25 bits per heavy atom. The van der Waals surface area contributed by atoms with Crippen LogP contribution in [0.15, 0.2) is 0 Å². The summed E-state index contributed by atoms with van der Waals surface area (Å²) in [6.07, 6.45) is 3.46. The van der Waals surface area contributed by atoms with Gasteiger partial charge in [-0.15, -0.1) is 0 Å². The van der Waals surface area contributed by atoms with E-state index >= 15 is 0 Å². The lowest BCUT2D eigenvalue weighted by Crippen LogP contribution is -2.46. The number of carbonyl (C=O) groups is 2. The first-order valence-corrected chi connectivity index (χ1v) is 7.04. The van der Waals surface area contributed by atoms with Crippen LogP contribution < -0.4 is 5.32 Å². The van der Waals surface area contributed by atoms with Gasteiger partial charge in [-0.3, -0.25) is 9.59 Å². The highest BCUT2D eigenvalue weighted by atomic mass is 32.2. The number of hydrogen-bond donors (Lipinski definition) is 1. The minimum absolute atomic E-state index is 0.0274. The summed E-state index contributed by atoms with van der Waals surface area (Å²) < 4.78 is 0. The Bertz CT molecular complexity index is 271.